The third kappa shape index (κ3) is 3.07. The van der Waals surface area contributed by atoms with E-state index in [1.807, 2.05) is 0 Å². The van der Waals surface area contributed by atoms with Crippen molar-refractivity contribution < 1.29 is 9.90 Å². The molecule has 0 bridgehead atoms. The van der Waals surface area contributed by atoms with Gasteiger partial charge >= 0.3 is 0 Å². The Morgan fingerprint density at radius 3 is 2.53 bits per heavy atom. The molecular formula is C16H25NO2. The quantitative estimate of drug-likeness (QED) is 0.837. The first-order valence-corrected chi connectivity index (χ1v) is 7.66. The summed E-state index contributed by atoms with van der Waals surface area (Å²) >= 11 is 0. The third-order valence-corrected chi connectivity index (χ3v) is 4.60. The fourth-order valence-corrected chi connectivity index (χ4v) is 3.44. The number of hydrogen-bond acceptors (Lipinski definition) is 3. The van der Waals surface area contributed by atoms with E-state index in [0.717, 1.165) is 44.4 Å². The minimum absolute atomic E-state index is 0.112. The number of Topliss-reactive ketones (excluding diaryl/α,β-unsaturated/α-hetero) is 1. The van der Waals surface area contributed by atoms with Crippen LogP contribution in [0.2, 0.25) is 0 Å². The summed E-state index contributed by atoms with van der Waals surface area (Å²) in [4.78, 5) is 16.8. The number of allylic oxidation sites excluding steroid dienone is 2. The topological polar surface area (TPSA) is 49.7 Å². The summed E-state index contributed by atoms with van der Waals surface area (Å²) in [5.41, 5.74) is 1.42. The smallest absolute Gasteiger partial charge is 0.168 e. The predicted molar refractivity (Wildman–Crippen MR) is 77.6 cm³/mol. The Morgan fingerprint density at radius 2 is 2.00 bits per heavy atom. The molecule has 0 fully saturated rings. The highest BCUT2D eigenvalue weighted by atomic mass is 16.3. The highest BCUT2D eigenvalue weighted by Crippen LogP contribution is 2.35. The number of carbonyl (C=O) groups excluding carboxylic acids is 1. The van der Waals surface area contributed by atoms with Gasteiger partial charge in [0.25, 0.3) is 0 Å². The lowest BCUT2D eigenvalue weighted by Crippen LogP contribution is -2.29. The molecule has 1 atom stereocenters. The van der Waals surface area contributed by atoms with Crippen molar-refractivity contribution in [1.29, 1.82) is 0 Å². The molecule has 1 aliphatic heterocycles. The van der Waals surface area contributed by atoms with Crippen molar-refractivity contribution in [2.24, 2.45) is 16.8 Å². The Balaban J connectivity index is 2.19. The molecule has 2 aliphatic rings. The summed E-state index contributed by atoms with van der Waals surface area (Å²) in [5.74, 6) is 1.27. The maximum atomic E-state index is 12.4. The number of carbonyl (C=O) groups is 1. The largest absolute Gasteiger partial charge is 0.511 e. The van der Waals surface area contributed by atoms with E-state index in [-0.39, 0.29) is 5.78 Å². The Morgan fingerprint density at radius 1 is 1.26 bits per heavy atom. The van der Waals surface area contributed by atoms with Gasteiger partial charge in [0.2, 0.25) is 0 Å². The van der Waals surface area contributed by atoms with Crippen molar-refractivity contribution in [2.75, 3.05) is 6.54 Å². The van der Waals surface area contributed by atoms with Gasteiger partial charge < -0.3 is 5.11 Å². The third-order valence-electron chi connectivity index (χ3n) is 4.60. The summed E-state index contributed by atoms with van der Waals surface area (Å²) in [6.07, 6.45) is 6.44. The second kappa shape index (κ2) is 6.36. The molecule has 0 aromatic carbocycles. The highest BCUT2D eigenvalue weighted by Gasteiger charge is 2.33. The molecule has 0 radical (unpaired) electrons. The molecule has 19 heavy (non-hydrogen) atoms. The summed E-state index contributed by atoms with van der Waals surface area (Å²) in [7, 11) is 0. The van der Waals surface area contributed by atoms with Gasteiger partial charge in [-0.25, -0.2) is 0 Å². The Labute approximate surface area is 115 Å². The number of aliphatic imine (C=N–C) groups is 1. The van der Waals surface area contributed by atoms with Crippen molar-refractivity contribution in [3.05, 3.63) is 11.3 Å². The van der Waals surface area contributed by atoms with E-state index >= 15 is 0 Å². The van der Waals surface area contributed by atoms with Crippen LogP contribution in [-0.2, 0) is 4.79 Å². The second-order valence-corrected chi connectivity index (χ2v) is 5.78. The van der Waals surface area contributed by atoms with Gasteiger partial charge in [-0.3, -0.25) is 9.79 Å². The van der Waals surface area contributed by atoms with Gasteiger partial charge in [-0.05, 0) is 31.1 Å². The van der Waals surface area contributed by atoms with E-state index < -0.39 is 0 Å². The first kappa shape index (κ1) is 14.3. The van der Waals surface area contributed by atoms with Crippen LogP contribution in [0.15, 0.2) is 16.3 Å². The number of aliphatic hydroxyl groups excluding tert-OH is 1. The van der Waals surface area contributed by atoms with E-state index in [1.54, 1.807) is 0 Å². The monoisotopic (exact) mass is 263 g/mol. The highest BCUT2D eigenvalue weighted by molar-refractivity contribution is 6.23. The van der Waals surface area contributed by atoms with Gasteiger partial charge in [-0.2, -0.15) is 0 Å². The van der Waals surface area contributed by atoms with Crippen LogP contribution in [-0.4, -0.2) is 23.1 Å². The fraction of sp³-hybridized carbons (Fsp3) is 0.750. The molecule has 0 saturated heterocycles. The standard InChI is InChI=1S/C16H25NO2/c1-3-11(4-2)12-9-14(18)16(15(19)10-12)13-7-5-6-8-17-13/h11-12,18H,3-10H2,1-2H3. The average Bonchev–Trinajstić information content (AvgIpc) is 2.40. The van der Waals surface area contributed by atoms with E-state index in [4.69, 9.17) is 0 Å². The molecule has 0 aromatic rings. The average molecular weight is 263 g/mol. The van der Waals surface area contributed by atoms with Crippen molar-refractivity contribution >= 4 is 11.5 Å². The first-order chi connectivity index (χ1) is 9.17. The molecule has 2 rings (SSSR count). The van der Waals surface area contributed by atoms with Crippen LogP contribution in [0.3, 0.4) is 0 Å². The Hall–Kier alpha value is -1.12. The van der Waals surface area contributed by atoms with Gasteiger partial charge in [-0.15, -0.1) is 0 Å². The van der Waals surface area contributed by atoms with Crippen molar-refractivity contribution in [3.63, 3.8) is 0 Å². The maximum Gasteiger partial charge on any atom is 0.168 e. The normalized spacial score (nSPS) is 24.9. The zero-order valence-corrected chi connectivity index (χ0v) is 12.1. The zero-order valence-electron chi connectivity index (χ0n) is 12.1. The van der Waals surface area contributed by atoms with Crippen molar-refractivity contribution in [2.45, 2.75) is 58.8 Å². The summed E-state index contributed by atoms with van der Waals surface area (Å²) in [6, 6.07) is 0. The molecule has 0 amide bonds. The molecule has 1 aliphatic carbocycles. The van der Waals surface area contributed by atoms with Crippen LogP contribution in [0.25, 0.3) is 0 Å². The van der Waals surface area contributed by atoms with E-state index in [1.165, 1.54) is 0 Å². The minimum atomic E-state index is 0.112. The lowest BCUT2D eigenvalue weighted by Gasteiger charge is -2.30. The van der Waals surface area contributed by atoms with E-state index in [0.29, 0.717) is 36.0 Å². The summed E-state index contributed by atoms with van der Waals surface area (Å²) in [6.45, 7) is 5.13. The summed E-state index contributed by atoms with van der Waals surface area (Å²) in [5, 5.41) is 10.3. The van der Waals surface area contributed by atoms with Crippen LogP contribution in [0, 0.1) is 11.8 Å². The predicted octanol–water partition coefficient (Wildman–Crippen LogP) is 3.84. The Kier molecular flexibility index (Phi) is 4.78. The van der Waals surface area contributed by atoms with Gasteiger partial charge in [0.05, 0.1) is 5.57 Å². The maximum absolute atomic E-state index is 12.4. The SMILES string of the molecule is CCC(CC)C1CC(=O)C(C2=NCCCC2)=C(O)C1. The van der Waals surface area contributed by atoms with Crippen LogP contribution in [0.5, 0.6) is 0 Å². The second-order valence-electron chi connectivity index (χ2n) is 5.78. The minimum Gasteiger partial charge on any atom is -0.511 e. The van der Waals surface area contributed by atoms with Crippen LogP contribution < -0.4 is 0 Å². The van der Waals surface area contributed by atoms with Crippen molar-refractivity contribution in [1.82, 2.24) is 0 Å². The molecular weight excluding hydrogens is 238 g/mol. The van der Waals surface area contributed by atoms with E-state index in [2.05, 4.69) is 18.8 Å². The molecule has 0 saturated carbocycles. The first-order valence-electron chi connectivity index (χ1n) is 7.66. The molecule has 106 valence electrons. The fourth-order valence-electron chi connectivity index (χ4n) is 3.44. The molecule has 3 nitrogen and oxygen atoms in total. The molecule has 1 unspecified atom stereocenters. The number of nitrogens with zero attached hydrogens (tertiary/aromatic N) is 1. The number of hydrogen-bond donors (Lipinski definition) is 1. The zero-order chi connectivity index (χ0) is 13.8. The number of ketones is 1. The molecule has 0 aromatic heterocycles. The molecule has 1 heterocycles. The molecule has 1 N–H and O–H groups in total. The Bertz CT molecular complexity index is 405. The number of aliphatic hydroxyl groups is 1. The van der Waals surface area contributed by atoms with Gasteiger partial charge in [-0.1, -0.05) is 26.7 Å². The van der Waals surface area contributed by atoms with Gasteiger partial charge in [0, 0.05) is 25.1 Å². The van der Waals surface area contributed by atoms with Crippen molar-refractivity contribution in [3.8, 4) is 0 Å². The van der Waals surface area contributed by atoms with Crippen LogP contribution in [0.4, 0.5) is 0 Å². The lowest BCUT2D eigenvalue weighted by molar-refractivity contribution is -0.117. The van der Waals surface area contributed by atoms with E-state index in [9.17, 15) is 9.90 Å². The number of rotatable bonds is 4. The molecule has 0 spiro atoms. The van der Waals surface area contributed by atoms with Gasteiger partial charge in [0.1, 0.15) is 5.76 Å². The summed E-state index contributed by atoms with van der Waals surface area (Å²) < 4.78 is 0. The van der Waals surface area contributed by atoms with Crippen LogP contribution >= 0.6 is 0 Å². The molecule has 3 heteroatoms. The van der Waals surface area contributed by atoms with Crippen LogP contribution in [0.1, 0.15) is 58.8 Å². The lowest BCUT2D eigenvalue weighted by atomic mass is 9.75. The van der Waals surface area contributed by atoms with Gasteiger partial charge in [0.15, 0.2) is 5.78 Å².